The molecule has 0 atom stereocenters. The number of hydrogen-bond donors (Lipinski definition) is 0. The van der Waals surface area contributed by atoms with Crippen molar-refractivity contribution in [3.05, 3.63) is 60.2 Å². The Bertz CT molecular complexity index is 609. The maximum absolute atomic E-state index is 12.2. The number of hydrogen-bond acceptors (Lipinski definition) is 2. The minimum Gasteiger partial charge on any atom is -0.406 e. The van der Waals surface area contributed by atoms with Crippen molar-refractivity contribution in [2.45, 2.75) is 6.36 Å². The van der Waals surface area contributed by atoms with Gasteiger partial charge in [-0.2, -0.15) is 0 Å². The Morgan fingerprint density at radius 3 is 2.10 bits per heavy atom. The van der Waals surface area contributed by atoms with Gasteiger partial charge in [-0.05, 0) is 36.4 Å². The first-order chi connectivity index (χ1) is 9.87. The molecule has 1 amide bonds. The second kappa shape index (κ2) is 5.87. The quantitative estimate of drug-likeness (QED) is 0.860. The van der Waals surface area contributed by atoms with Crippen molar-refractivity contribution in [3.8, 4) is 5.75 Å². The molecule has 0 fully saturated rings. The maximum Gasteiger partial charge on any atom is 0.573 e. The first-order valence-electron chi connectivity index (χ1n) is 6.06. The highest BCUT2D eigenvalue weighted by atomic mass is 19.4. The molecule has 2 aromatic carbocycles. The molecule has 0 N–H and O–H groups in total. The van der Waals surface area contributed by atoms with E-state index in [1.807, 2.05) is 6.07 Å². The molecule has 0 aliphatic heterocycles. The number of carbonyl (C=O) groups excluding carboxylic acids is 1. The van der Waals surface area contributed by atoms with Gasteiger partial charge in [0.05, 0.1) is 0 Å². The summed E-state index contributed by atoms with van der Waals surface area (Å²) in [6, 6.07) is 13.7. The molecule has 3 nitrogen and oxygen atoms in total. The highest BCUT2D eigenvalue weighted by molar-refractivity contribution is 6.05. The van der Waals surface area contributed by atoms with Gasteiger partial charge in [-0.15, -0.1) is 13.2 Å². The number of benzene rings is 2. The molecule has 0 heterocycles. The van der Waals surface area contributed by atoms with Crippen molar-refractivity contribution in [1.82, 2.24) is 0 Å². The zero-order valence-corrected chi connectivity index (χ0v) is 11.1. The fourth-order valence-corrected chi connectivity index (χ4v) is 1.76. The molecule has 2 rings (SSSR count). The molecule has 0 bridgehead atoms. The summed E-state index contributed by atoms with van der Waals surface area (Å²) >= 11 is 0. The normalized spacial score (nSPS) is 11.0. The van der Waals surface area contributed by atoms with Gasteiger partial charge >= 0.3 is 6.36 Å². The van der Waals surface area contributed by atoms with Crippen molar-refractivity contribution in [2.75, 3.05) is 11.9 Å². The fourth-order valence-electron chi connectivity index (χ4n) is 1.76. The number of carbonyl (C=O) groups is 1. The molecule has 6 heteroatoms. The lowest BCUT2D eigenvalue weighted by molar-refractivity contribution is -0.274. The predicted octanol–water partition coefficient (Wildman–Crippen LogP) is 3.86. The van der Waals surface area contributed by atoms with Crippen molar-refractivity contribution in [1.29, 1.82) is 0 Å². The topological polar surface area (TPSA) is 29.5 Å². The van der Waals surface area contributed by atoms with E-state index in [-0.39, 0.29) is 17.2 Å². The first-order valence-corrected chi connectivity index (χ1v) is 6.06. The average Bonchev–Trinajstić information content (AvgIpc) is 2.46. The lowest BCUT2D eigenvalue weighted by Crippen LogP contribution is -2.26. The third-order valence-corrected chi connectivity index (χ3v) is 2.78. The zero-order chi connectivity index (χ0) is 15.5. The van der Waals surface area contributed by atoms with E-state index in [4.69, 9.17) is 0 Å². The highest BCUT2D eigenvalue weighted by Gasteiger charge is 2.31. The molecule has 0 saturated heterocycles. The van der Waals surface area contributed by atoms with Crippen LogP contribution in [-0.4, -0.2) is 19.3 Å². The number of rotatable bonds is 3. The number of amides is 1. The Morgan fingerprint density at radius 2 is 1.57 bits per heavy atom. The molecule has 0 aliphatic carbocycles. The van der Waals surface area contributed by atoms with E-state index in [1.165, 1.54) is 17.0 Å². The van der Waals surface area contributed by atoms with Gasteiger partial charge < -0.3 is 9.64 Å². The summed E-state index contributed by atoms with van der Waals surface area (Å²) in [6.07, 6.45) is -4.74. The van der Waals surface area contributed by atoms with Crippen LogP contribution in [-0.2, 0) is 0 Å². The minimum absolute atomic E-state index is 0.274. The molecular weight excluding hydrogens is 283 g/mol. The van der Waals surface area contributed by atoms with Gasteiger partial charge in [0.1, 0.15) is 5.75 Å². The molecule has 0 aliphatic rings. The molecule has 0 aromatic heterocycles. The van der Waals surface area contributed by atoms with Crippen LogP contribution in [0, 0.1) is 0 Å². The maximum atomic E-state index is 12.2. The molecule has 0 unspecified atom stereocenters. The van der Waals surface area contributed by atoms with E-state index >= 15 is 0 Å². The number of nitrogens with zero attached hydrogens (tertiary/aromatic N) is 1. The molecular formula is C15H12F3NO2. The molecule has 0 saturated carbocycles. The van der Waals surface area contributed by atoms with Crippen LogP contribution in [0.1, 0.15) is 10.4 Å². The smallest absolute Gasteiger partial charge is 0.406 e. The number of ether oxygens (including phenoxy) is 1. The Labute approximate surface area is 119 Å². The van der Waals surface area contributed by atoms with Crippen LogP contribution < -0.4 is 9.64 Å². The van der Waals surface area contributed by atoms with Gasteiger partial charge in [0, 0.05) is 18.3 Å². The Balaban J connectivity index is 2.13. The first kappa shape index (κ1) is 14.9. The zero-order valence-electron chi connectivity index (χ0n) is 11.1. The third-order valence-electron chi connectivity index (χ3n) is 2.78. The van der Waals surface area contributed by atoms with Crippen LogP contribution in [0.15, 0.2) is 54.6 Å². The van der Waals surface area contributed by atoms with Gasteiger partial charge in [-0.3, -0.25) is 4.79 Å². The van der Waals surface area contributed by atoms with Crippen LogP contribution in [0.4, 0.5) is 18.9 Å². The van der Waals surface area contributed by atoms with Gasteiger partial charge in [0.15, 0.2) is 0 Å². The van der Waals surface area contributed by atoms with Crippen molar-refractivity contribution in [3.63, 3.8) is 0 Å². The second-order valence-electron chi connectivity index (χ2n) is 4.27. The number of halogens is 3. The Morgan fingerprint density at radius 1 is 1.00 bits per heavy atom. The standard InChI is InChI=1S/C15H12F3NO2/c1-19(12-5-3-2-4-6-12)14(20)11-7-9-13(10-8-11)21-15(16,17)18/h2-10H,1H3. The summed E-state index contributed by atoms with van der Waals surface area (Å²) in [6.45, 7) is 0. The molecule has 21 heavy (non-hydrogen) atoms. The largest absolute Gasteiger partial charge is 0.573 e. The number of alkyl halides is 3. The van der Waals surface area contributed by atoms with Crippen molar-refractivity contribution < 1.29 is 22.7 Å². The van der Waals surface area contributed by atoms with Crippen LogP contribution in [0.2, 0.25) is 0 Å². The van der Waals surface area contributed by atoms with E-state index in [0.717, 1.165) is 12.1 Å². The van der Waals surface area contributed by atoms with Crippen molar-refractivity contribution in [2.24, 2.45) is 0 Å². The SMILES string of the molecule is CN(C(=O)c1ccc(OC(F)(F)F)cc1)c1ccccc1. The fraction of sp³-hybridized carbons (Fsp3) is 0.133. The van der Waals surface area contributed by atoms with Crippen LogP contribution in [0.25, 0.3) is 0 Å². The van der Waals surface area contributed by atoms with E-state index in [1.54, 1.807) is 31.3 Å². The summed E-state index contributed by atoms with van der Waals surface area (Å²) in [5.41, 5.74) is 0.967. The number of para-hydroxylation sites is 1. The molecule has 2 aromatic rings. The molecule has 0 spiro atoms. The van der Waals surface area contributed by atoms with Gasteiger partial charge in [0.25, 0.3) is 5.91 Å². The van der Waals surface area contributed by atoms with E-state index in [0.29, 0.717) is 5.69 Å². The lowest BCUT2D eigenvalue weighted by Gasteiger charge is -2.17. The average molecular weight is 295 g/mol. The molecule has 0 radical (unpaired) electrons. The van der Waals surface area contributed by atoms with E-state index < -0.39 is 6.36 Å². The van der Waals surface area contributed by atoms with Gasteiger partial charge in [-0.25, -0.2) is 0 Å². The van der Waals surface area contributed by atoms with E-state index in [2.05, 4.69) is 4.74 Å². The summed E-state index contributed by atoms with van der Waals surface area (Å²) in [4.78, 5) is 13.6. The van der Waals surface area contributed by atoms with Crippen LogP contribution >= 0.6 is 0 Å². The molecule has 110 valence electrons. The summed E-state index contributed by atoms with van der Waals surface area (Å²) < 4.78 is 39.9. The number of anilines is 1. The summed E-state index contributed by atoms with van der Waals surface area (Å²) in [5, 5.41) is 0. The highest BCUT2D eigenvalue weighted by Crippen LogP contribution is 2.23. The summed E-state index contributed by atoms with van der Waals surface area (Å²) in [5.74, 6) is -0.679. The minimum atomic E-state index is -4.74. The summed E-state index contributed by atoms with van der Waals surface area (Å²) in [7, 11) is 1.60. The van der Waals surface area contributed by atoms with E-state index in [9.17, 15) is 18.0 Å². The second-order valence-corrected chi connectivity index (χ2v) is 4.27. The van der Waals surface area contributed by atoms with Gasteiger partial charge in [0.2, 0.25) is 0 Å². The van der Waals surface area contributed by atoms with Gasteiger partial charge in [-0.1, -0.05) is 18.2 Å². The third kappa shape index (κ3) is 3.98. The van der Waals surface area contributed by atoms with Crippen LogP contribution in [0.5, 0.6) is 5.75 Å². The Hall–Kier alpha value is -2.50. The monoisotopic (exact) mass is 295 g/mol. The van der Waals surface area contributed by atoms with Crippen LogP contribution in [0.3, 0.4) is 0 Å². The van der Waals surface area contributed by atoms with Crippen molar-refractivity contribution >= 4 is 11.6 Å². The lowest BCUT2D eigenvalue weighted by atomic mass is 10.2. The predicted molar refractivity (Wildman–Crippen MR) is 72.3 cm³/mol. The Kier molecular flexibility index (Phi) is 4.16.